The maximum absolute atomic E-state index is 12.8. The molecule has 0 unspecified atom stereocenters. The third kappa shape index (κ3) is 7.26. The highest BCUT2D eigenvalue weighted by atomic mass is 16.5. The number of benzene rings is 2. The summed E-state index contributed by atoms with van der Waals surface area (Å²) in [7, 11) is 1.44. The van der Waals surface area contributed by atoms with Gasteiger partial charge in [-0.2, -0.15) is 0 Å². The van der Waals surface area contributed by atoms with Crippen LogP contribution in [0.25, 0.3) is 0 Å². The summed E-state index contributed by atoms with van der Waals surface area (Å²) >= 11 is 0. The maximum Gasteiger partial charge on any atom is 0.337 e. The fraction of sp³-hybridized carbons (Fsp3) is 0.500. The van der Waals surface area contributed by atoms with E-state index >= 15 is 0 Å². The maximum atomic E-state index is 12.8. The number of esters is 1. The van der Waals surface area contributed by atoms with Crippen molar-refractivity contribution in [2.75, 3.05) is 20.3 Å². The van der Waals surface area contributed by atoms with Gasteiger partial charge in [0, 0.05) is 29.2 Å². The molecule has 0 saturated carbocycles. The molecule has 5 heteroatoms. The molecule has 2 aliphatic rings. The molecule has 0 aromatic heterocycles. The molecule has 0 bridgehead atoms. The van der Waals surface area contributed by atoms with Crippen molar-refractivity contribution >= 4 is 5.97 Å². The number of carbonyl (C=O) groups excluding carboxylic acids is 1. The van der Waals surface area contributed by atoms with Gasteiger partial charge in [-0.3, -0.25) is 0 Å². The van der Waals surface area contributed by atoms with E-state index in [0.29, 0.717) is 24.7 Å². The van der Waals surface area contributed by atoms with Gasteiger partial charge in [-0.25, -0.2) is 4.79 Å². The Morgan fingerprint density at radius 3 is 1.92 bits per heavy atom. The van der Waals surface area contributed by atoms with Crippen LogP contribution in [-0.4, -0.2) is 26.3 Å². The number of unbranched alkanes of at least 4 members (excludes halogenated alkanes) is 6. The molecular formula is C34H44O5. The first-order chi connectivity index (χ1) is 19.0. The van der Waals surface area contributed by atoms with Gasteiger partial charge in [-0.05, 0) is 42.9 Å². The molecule has 1 aliphatic carbocycles. The molecular weight excluding hydrogens is 488 g/mol. The van der Waals surface area contributed by atoms with Crippen LogP contribution < -0.4 is 14.2 Å². The van der Waals surface area contributed by atoms with E-state index in [0.717, 1.165) is 59.0 Å². The largest absolute Gasteiger partial charge is 0.493 e. The Morgan fingerprint density at radius 1 is 0.846 bits per heavy atom. The van der Waals surface area contributed by atoms with E-state index in [1.807, 2.05) is 30.3 Å². The quantitative estimate of drug-likeness (QED) is 0.180. The van der Waals surface area contributed by atoms with Crippen molar-refractivity contribution in [2.45, 2.75) is 84.5 Å². The zero-order valence-corrected chi connectivity index (χ0v) is 24.1. The van der Waals surface area contributed by atoms with Gasteiger partial charge in [0.1, 0.15) is 23.0 Å². The van der Waals surface area contributed by atoms with E-state index in [2.05, 4.69) is 39.0 Å². The lowest BCUT2D eigenvalue weighted by atomic mass is 9.76. The van der Waals surface area contributed by atoms with Crippen LogP contribution in [0.1, 0.15) is 95.6 Å². The second-order valence-corrected chi connectivity index (χ2v) is 10.7. The van der Waals surface area contributed by atoms with Gasteiger partial charge in [0.2, 0.25) is 0 Å². The van der Waals surface area contributed by atoms with E-state index in [-0.39, 0.29) is 11.9 Å². The molecule has 1 aliphatic heterocycles. The average molecular weight is 533 g/mol. The van der Waals surface area contributed by atoms with E-state index in [1.54, 1.807) is 0 Å². The molecule has 0 radical (unpaired) electrons. The predicted octanol–water partition coefficient (Wildman–Crippen LogP) is 8.91. The lowest BCUT2D eigenvalue weighted by Crippen LogP contribution is -2.20. The zero-order chi connectivity index (χ0) is 27.6. The molecule has 1 atom stereocenters. The number of carbonyl (C=O) groups is 1. The summed E-state index contributed by atoms with van der Waals surface area (Å²) in [5.74, 6) is 2.95. The van der Waals surface area contributed by atoms with Crippen LogP contribution in [0.2, 0.25) is 0 Å². The minimum Gasteiger partial charge on any atom is -0.493 e. The second-order valence-electron chi connectivity index (χ2n) is 10.7. The predicted molar refractivity (Wildman–Crippen MR) is 156 cm³/mol. The standard InChI is InChI=1S/C34H44O5/c1-5-7-9-11-19-37-25-14-17-28-31(22-25)39-32-23-26(38-20-12-10-8-6-2)15-18-29(32)33(28)30-21-24(3)13-16-27(30)34(35)36-4/h14-18,21-24,33H,5-13,19-20H2,1-4H3/t24-/m1/s1. The van der Waals surface area contributed by atoms with Crippen molar-refractivity contribution in [3.63, 3.8) is 0 Å². The van der Waals surface area contributed by atoms with E-state index in [1.165, 1.54) is 45.6 Å². The van der Waals surface area contributed by atoms with E-state index < -0.39 is 0 Å². The van der Waals surface area contributed by atoms with Crippen LogP contribution in [0.5, 0.6) is 23.0 Å². The molecule has 2 aromatic carbocycles. The summed E-state index contributed by atoms with van der Waals surface area (Å²) in [6.45, 7) is 7.97. The molecule has 210 valence electrons. The lowest BCUT2D eigenvalue weighted by Gasteiger charge is -2.33. The van der Waals surface area contributed by atoms with Crippen LogP contribution >= 0.6 is 0 Å². The average Bonchev–Trinajstić information content (AvgIpc) is 2.95. The molecule has 0 fully saturated rings. The lowest BCUT2D eigenvalue weighted by molar-refractivity contribution is -0.135. The summed E-state index contributed by atoms with van der Waals surface area (Å²) in [5, 5.41) is 0. The minimum atomic E-state index is -0.304. The van der Waals surface area contributed by atoms with Gasteiger partial charge < -0.3 is 18.9 Å². The second kappa shape index (κ2) is 14.3. The monoisotopic (exact) mass is 532 g/mol. The Kier molecular flexibility index (Phi) is 10.5. The molecule has 39 heavy (non-hydrogen) atoms. The Hall–Kier alpha value is -3.21. The van der Waals surface area contributed by atoms with Gasteiger partial charge in [-0.1, -0.05) is 83.6 Å². The fourth-order valence-electron chi connectivity index (χ4n) is 5.37. The first-order valence-corrected chi connectivity index (χ1v) is 14.8. The van der Waals surface area contributed by atoms with Gasteiger partial charge in [0.15, 0.2) is 0 Å². The Balaban J connectivity index is 1.66. The van der Waals surface area contributed by atoms with Gasteiger partial charge in [-0.15, -0.1) is 0 Å². The van der Waals surface area contributed by atoms with Crippen LogP contribution in [-0.2, 0) is 9.53 Å². The normalized spacial score (nSPS) is 16.4. The summed E-state index contributed by atoms with van der Waals surface area (Å²) in [5.41, 5.74) is 3.63. The SMILES string of the molecule is CCCCCCOc1ccc2c(c1)Oc1cc(OCCCCCC)ccc1C2C1=C[C@H](C)CC=C1C(=O)OC. The van der Waals surface area contributed by atoms with Gasteiger partial charge in [0.05, 0.1) is 25.9 Å². The molecule has 5 nitrogen and oxygen atoms in total. The number of rotatable bonds is 14. The summed E-state index contributed by atoms with van der Waals surface area (Å²) in [6, 6.07) is 12.2. The third-order valence-corrected chi connectivity index (χ3v) is 7.53. The van der Waals surface area contributed by atoms with Gasteiger partial charge in [0.25, 0.3) is 0 Å². The van der Waals surface area contributed by atoms with Crippen LogP contribution in [0.15, 0.2) is 59.7 Å². The minimum absolute atomic E-state index is 0.158. The summed E-state index contributed by atoms with van der Waals surface area (Å²) in [4.78, 5) is 12.8. The Bertz CT molecular complexity index is 1110. The molecule has 4 rings (SSSR count). The molecule has 1 heterocycles. The molecule has 0 N–H and O–H groups in total. The topological polar surface area (TPSA) is 54.0 Å². The van der Waals surface area contributed by atoms with Gasteiger partial charge >= 0.3 is 5.97 Å². The highest BCUT2D eigenvalue weighted by molar-refractivity contribution is 5.94. The Labute approximate surface area is 234 Å². The number of fused-ring (bicyclic) bond motifs is 2. The van der Waals surface area contributed by atoms with Crippen LogP contribution in [0.3, 0.4) is 0 Å². The van der Waals surface area contributed by atoms with E-state index in [4.69, 9.17) is 18.9 Å². The number of hydrogen-bond acceptors (Lipinski definition) is 5. The number of ether oxygens (including phenoxy) is 4. The number of methoxy groups -OCH3 is 1. The summed E-state index contributed by atoms with van der Waals surface area (Å²) < 4.78 is 23.9. The van der Waals surface area contributed by atoms with E-state index in [9.17, 15) is 4.79 Å². The van der Waals surface area contributed by atoms with Crippen LogP contribution in [0, 0.1) is 5.92 Å². The van der Waals surface area contributed by atoms with Crippen molar-refractivity contribution in [1.29, 1.82) is 0 Å². The summed E-state index contributed by atoms with van der Waals surface area (Å²) in [6.07, 6.45) is 14.3. The third-order valence-electron chi connectivity index (χ3n) is 7.53. The fourth-order valence-corrected chi connectivity index (χ4v) is 5.37. The number of allylic oxidation sites excluding steroid dienone is 2. The molecule has 0 spiro atoms. The molecule has 2 aromatic rings. The highest BCUT2D eigenvalue weighted by Gasteiger charge is 2.35. The first kappa shape index (κ1) is 28.8. The highest BCUT2D eigenvalue weighted by Crippen LogP contribution is 2.51. The van der Waals surface area contributed by atoms with Crippen molar-refractivity contribution in [3.05, 3.63) is 70.8 Å². The molecule has 0 saturated heterocycles. The van der Waals surface area contributed by atoms with Crippen molar-refractivity contribution < 1.29 is 23.7 Å². The van der Waals surface area contributed by atoms with Crippen molar-refractivity contribution in [3.8, 4) is 23.0 Å². The first-order valence-electron chi connectivity index (χ1n) is 14.8. The zero-order valence-electron chi connectivity index (χ0n) is 24.1. The van der Waals surface area contributed by atoms with Crippen LogP contribution in [0.4, 0.5) is 0 Å². The molecule has 0 amide bonds. The van der Waals surface area contributed by atoms with Crippen molar-refractivity contribution in [2.24, 2.45) is 5.92 Å². The smallest absolute Gasteiger partial charge is 0.337 e. The van der Waals surface area contributed by atoms with Crippen molar-refractivity contribution in [1.82, 2.24) is 0 Å². The number of hydrogen-bond donors (Lipinski definition) is 0. The Morgan fingerprint density at radius 2 is 1.41 bits per heavy atom.